The quantitative estimate of drug-likeness (QED) is 0.497. The minimum absolute atomic E-state index is 0.277. The Balaban J connectivity index is 4.03. The van der Waals surface area contributed by atoms with Gasteiger partial charge in [0.1, 0.15) is 0 Å². The van der Waals surface area contributed by atoms with Gasteiger partial charge in [-0.2, -0.15) is 0 Å². The molecule has 0 rings (SSSR count). The molecule has 5 heteroatoms. The molecule has 0 amide bonds. The molecule has 1 atom stereocenters. The second kappa shape index (κ2) is 3.08. The van der Waals surface area contributed by atoms with Gasteiger partial charge in [-0.15, -0.1) is 0 Å². The van der Waals surface area contributed by atoms with Gasteiger partial charge in [0.2, 0.25) is 0 Å². The molecule has 0 aliphatic rings. The first kappa shape index (κ1) is 10.2. The van der Waals surface area contributed by atoms with Crippen molar-refractivity contribution in [1.29, 1.82) is 0 Å². The SMILES string of the molecule is COP(=O)(O)[B]C(C)(C)C. The van der Waals surface area contributed by atoms with E-state index < -0.39 is 7.47 Å². The van der Waals surface area contributed by atoms with Crippen LogP contribution in [-0.4, -0.2) is 19.0 Å². The summed E-state index contributed by atoms with van der Waals surface area (Å²) in [6.45, 7) is 6.85. The maximum Gasteiger partial charge on any atom is 0.278 e. The predicted molar refractivity (Wildman–Crippen MR) is 42.3 cm³/mol. The smallest absolute Gasteiger partial charge is 0.278 e. The molecule has 1 N–H and O–H groups in total. The lowest BCUT2D eigenvalue weighted by atomic mass is 9.73. The van der Waals surface area contributed by atoms with Crippen molar-refractivity contribution in [3.05, 3.63) is 0 Å². The second-order valence-electron chi connectivity index (χ2n) is 3.24. The Kier molecular flexibility index (Phi) is 3.14. The normalized spacial score (nSPS) is 18.1. The molecule has 3 nitrogen and oxygen atoms in total. The van der Waals surface area contributed by atoms with E-state index in [1.165, 1.54) is 14.1 Å². The van der Waals surface area contributed by atoms with Gasteiger partial charge in [0.05, 0.1) is 0 Å². The topological polar surface area (TPSA) is 46.5 Å². The van der Waals surface area contributed by atoms with E-state index in [1.54, 1.807) is 0 Å². The highest BCUT2D eigenvalue weighted by atomic mass is 31.2. The van der Waals surface area contributed by atoms with Gasteiger partial charge in [0.15, 0.2) is 0 Å². The standard InChI is InChI=1S/C5H13BO3P/c1-5(2,3)6-10(7,8)9-4/h1-4H3,(H,7,8). The van der Waals surface area contributed by atoms with Crippen molar-refractivity contribution in [1.82, 2.24) is 0 Å². The molecule has 0 aromatic heterocycles. The van der Waals surface area contributed by atoms with Crippen LogP contribution in [-0.2, 0) is 9.09 Å². The zero-order chi connectivity index (χ0) is 8.41. The van der Waals surface area contributed by atoms with Crippen molar-refractivity contribution in [3.63, 3.8) is 0 Å². The van der Waals surface area contributed by atoms with Crippen LogP contribution in [0.4, 0.5) is 0 Å². The van der Waals surface area contributed by atoms with Crippen LogP contribution in [0, 0.1) is 0 Å². The van der Waals surface area contributed by atoms with Crippen LogP contribution in [0.3, 0.4) is 0 Å². The Bertz CT molecular complexity index is 151. The zero-order valence-electron chi connectivity index (χ0n) is 6.79. The fourth-order valence-corrected chi connectivity index (χ4v) is 1.63. The summed E-state index contributed by atoms with van der Waals surface area (Å²) in [4.78, 5) is 8.94. The Labute approximate surface area is 62.5 Å². The molecule has 0 aromatic rings. The first-order valence-corrected chi connectivity index (χ1v) is 4.67. The molecule has 0 spiro atoms. The van der Waals surface area contributed by atoms with Crippen LogP contribution in [0.25, 0.3) is 0 Å². The lowest BCUT2D eigenvalue weighted by molar-refractivity contribution is 0.332. The largest absolute Gasteiger partial charge is 0.332 e. The predicted octanol–water partition coefficient (Wildman–Crippen LogP) is 1.66. The Hall–Kier alpha value is 0.215. The molecule has 59 valence electrons. The monoisotopic (exact) mass is 163 g/mol. The lowest BCUT2D eigenvalue weighted by Crippen LogP contribution is -2.09. The molecular formula is C5H13BO3P. The molecule has 0 fully saturated rings. The fourth-order valence-electron chi connectivity index (χ4n) is 0.542. The summed E-state index contributed by atoms with van der Waals surface area (Å²) in [5.41, 5.74) is 0. The van der Waals surface area contributed by atoms with Gasteiger partial charge >= 0.3 is 0 Å². The molecule has 0 bridgehead atoms. The van der Waals surface area contributed by atoms with Crippen molar-refractivity contribution in [2.45, 2.75) is 26.1 Å². The van der Waals surface area contributed by atoms with Crippen molar-refractivity contribution < 1.29 is 14.0 Å². The number of hydrogen-bond acceptors (Lipinski definition) is 2. The van der Waals surface area contributed by atoms with Gasteiger partial charge in [-0.05, 0) is 0 Å². The third-order valence-corrected chi connectivity index (χ3v) is 2.44. The van der Waals surface area contributed by atoms with Crippen LogP contribution in [0.1, 0.15) is 20.8 Å². The third kappa shape index (κ3) is 5.04. The highest BCUT2D eigenvalue weighted by Crippen LogP contribution is 2.46. The average Bonchev–Trinajstić information content (AvgIpc) is 1.60. The minimum Gasteiger partial charge on any atom is -0.332 e. The molecule has 0 aliphatic carbocycles. The molecule has 1 unspecified atom stereocenters. The van der Waals surface area contributed by atoms with Crippen LogP contribution in [0.15, 0.2) is 0 Å². The Morgan fingerprint density at radius 1 is 1.50 bits per heavy atom. The number of hydrogen-bond donors (Lipinski definition) is 1. The van der Waals surface area contributed by atoms with E-state index in [9.17, 15) is 4.57 Å². The maximum atomic E-state index is 10.9. The molecule has 0 aliphatic heterocycles. The van der Waals surface area contributed by atoms with E-state index in [4.69, 9.17) is 4.89 Å². The van der Waals surface area contributed by atoms with Crippen LogP contribution >= 0.6 is 7.47 Å². The summed E-state index contributed by atoms with van der Waals surface area (Å²) in [6, 6.07) is 0. The molecule has 0 aromatic carbocycles. The molecule has 10 heavy (non-hydrogen) atoms. The van der Waals surface area contributed by atoms with E-state index in [1.807, 2.05) is 20.8 Å². The molecule has 0 saturated carbocycles. The van der Waals surface area contributed by atoms with Crippen LogP contribution in [0.5, 0.6) is 0 Å². The minimum atomic E-state index is -3.42. The van der Waals surface area contributed by atoms with E-state index in [2.05, 4.69) is 4.52 Å². The first-order valence-electron chi connectivity index (χ1n) is 3.02. The highest BCUT2D eigenvalue weighted by Gasteiger charge is 2.28. The summed E-state index contributed by atoms with van der Waals surface area (Å²) < 4.78 is 15.2. The van der Waals surface area contributed by atoms with E-state index in [0.29, 0.717) is 0 Å². The van der Waals surface area contributed by atoms with Gasteiger partial charge in [0, 0.05) is 7.11 Å². The van der Waals surface area contributed by atoms with E-state index in [0.717, 1.165) is 0 Å². The molecule has 0 heterocycles. The summed E-state index contributed by atoms with van der Waals surface area (Å²) in [5.74, 6) is 0. The molecule has 0 saturated heterocycles. The van der Waals surface area contributed by atoms with Crippen LogP contribution in [0.2, 0.25) is 5.31 Å². The zero-order valence-corrected chi connectivity index (χ0v) is 7.68. The fraction of sp³-hybridized carbons (Fsp3) is 1.00. The van der Waals surface area contributed by atoms with Gasteiger partial charge in [0.25, 0.3) is 14.5 Å². The maximum absolute atomic E-state index is 10.9. The van der Waals surface area contributed by atoms with Gasteiger partial charge in [-0.3, -0.25) is 4.57 Å². The molecule has 1 radical (unpaired) electrons. The highest BCUT2D eigenvalue weighted by molar-refractivity contribution is 7.83. The van der Waals surface area contributed by atoms with Gasteiger partial charge < -0.3 is 9.42 Å². The van der Waals surface area contributed by atoms with E-state index >= 15 is 0 Å². The van der Waals surface area contributed by atoms with Gasteiger partial charge in [-0.1, -0.05) is 26.1 Å². The summed E-state index contributed by atoms with van der Waals surface area (Å²) in [5, 5.41) is -0.277. The average molecular weight is 163 g/mol. The Morgan fingerprint density at radius 3 is 2.00 bits per heavy atom. The van der Waals surface area contributed by atoms with Crippen molar-refractivity contribution >= 4 is 14.5 Å². The molecular weight excluding hydrogens is 150 g/mol. The van der Waals surface area contributed by atoms with Crippen molar-refractivity contribution in [2.75, 3.05) is 7.11 Å². The lowest BCUT2D eigenvalue weighted by Gasteiger charge is -2.18. The Morgan fingerprint density at radius 2 is 1.90 bits per heavy atom. The summed E-state index contributed by atoms with van der Waals surface area (Å²) >= 11 is 0. The van der Waals surface area contributed by atoms with E-state index in [-0.39, 0.29) is 5.31 Å². The van der Waals surface area contributed by atoms with Crippen molar-refractivity contribution in [3.8, 4) is 0 Å². The summed E-state index contributed by atoms with van der Waals surface area (Å²) in [7, 11) is -2.19. The number of rotatable bonds is 2. The van der Waals surface area contributed by atoms with Crippen molar-refractivity contribution in [2.24, 2.45) is 0 Å². The first-order chi connectivity index (χ1) is 4.27. The third-order valence-electron chi connectivity index (χ3n) is 0.812. The second-order valence-corrected chi connectivity index (χ2v) is 4.99. The van der Waals surface area contributed by atoms with Crippen LogP contribution < -0.4 is 0 Å². The van der Waals surface area contributed by atoms with Gasteiger partial charge in [-0.25, -0.2) is 0 Å². The summed E-state index contributed by atoms with van der Waals surface area (Å²) in [6.07, 6.45) is 0.